The lowest BCUT2D eigenvalue weighted by molar-refractivity contribution is 0.0562. The fourth-order valence-corrected chi connectivity index (χ4v) is 4.13. The van der Waals surface area contributed by atoms with Crippen LogP contribution in [0.25, 0.3) is 21.9 Å². The summed E-state index contributed by atoms with van der Waals surface area (Å²) in [5.41, 5.74) is 3.98. The van der Waals surface area contributed by atoms with Crippen molar-refractivity contribution in [1.82, 2.24) is 15.0 Å². The van der Waals surface area contributed by atoms with Crippen LogP contribution in [0.4, 0.5) is 0 Å². The first-order valence-corrected chi connectivity index (χ1v) is 10.6. The van der Waals surface area contributed by atoms with E-state index in [9.17, 15) is 14.7 Å². The number of hydrogen-bond acceptors (Lipinski definition) is 5. The first-order valence-electron chi connectivity index (χ1n) is 10.6. The smallest absolute Gasteiger partial charge is 0.258 e. The molecule has 0 bridgehead atoms. The highest BCUT2D eigenvalue weighted by molar-refractivity contribution is 5.94. The minimum atomic E-state index is -0.317. The summed E-state index contributed by atoms with van der Waals surface area (Å²) in [5, 5.41) is 17.7. The van der Waals surface area contributed by atoms with Crippen LogP contribution in [-0.2, 0) is 6.54 Å². The molecule has 7 nitrogen and oxygen atoms in total. The monoisotopic (exact) mass is 429 g/mol. The van der Waals surface area contributed by atoms with Crippen molar-refractivity contribution in [3.63, 3.8) is 0 Å². The van der Waals surface area contributed by atoms with Crippen LogP contribution < -0.4 is 10.9 Å². The molecule has 1 fully saturated rings. The second-order valence-electron chi connectivity index (χ2n) is 8.36. The van der Waals surface area contributed by atoms with E-state index in [2.05, 4.69) is 10.5 Å². The molecule has 0 radical (unpaired) electrons. The molecule has 2 aromatic carbocycles. The first kappa shape index (κ1) is 20.2. The van der Waals surface area contributed by atoms with Crippen molar-refractivity contribution in [3.05, 3.63) is 88.2 Å². The van der Waals surface area contributed by atoms with Gasteiger partial charge in [-0.05, 0) is 66.6 Å². The largest absolute Gasteiger partial charge is 0.393 e. The van der Waals surface area contributed by atoms with Gasteiger partial charge in [-0.3, -0.25) is 9.59 Å². The number of carbonyl (C=O) groups is 1. The molecule has 2 heterocycles. The number of aliphatic hydroxyl groups is 1. The van der Waals surface area contributed by atoms with Crippen molar-refractivity contribution in [2.24, 2.45) is 0 Å². The lowest BCUT2D eigenvalue weighted by Crippen LogP contribution is -2.46. The predicted octanol–water partition coefficient (Wildman–Crippen LogP) is 3.27. The van der Waals surface area contributed by atoms with Gasteiger partial charge in [0.2, 0.25) is 0 Å². The predicted molar refractivity (Wildman–Crippen MR) is 120 cm³/mol. The number of carbonyl (C=O) groups excluding carboxylic acids is 1. The van der Waals surface area contributed by atoms with E-state index in [1.54, 1.807) is 29.2 Å². The number of nitrogens with one attached hydrogen (secondary N) is 1. The zero-order valence-corrected chi connectivity index (χ0v) is 17.6. The van der Waals surface area contributed by atoms with Gasteiger partial charge < -0.3 is 19.5 Å². The van der Waals surface area contributed by atoms with Crippen LogP contribution in [0.3, 0.4) is 0 Å². The van der Waals surface area contributed by atoms with Gasteiger partial charge >= 0.3 is 0 Å². The maximum Gasteiger partial charge on any atom is 0.258 e. The van der Waals surface area contributed by atoms with Gasteiger partial charge in [0.05, 0.1) is 18.3 Å². The molecule has 1 saturated carbocycles. The number of pyridine rings is 1. The van der Waals surface area contributed by atoms with Crippen molar-refractivity contribution in [2.45, 2.75) is 38.5 Å². The van der Waals surface area contributed by atoms with E-state index in [-0.39, 0.29) is 23.6 Å². The van der Waals surface area contributed by atoms with Gasteiger partial charge in [0.25, 0.3) is 11.5 Å². The quantitative estimate of drug-likeness (QED) is 0.508. The first-order chi connectivity index (χ1) is 15.5. The average Bonchev–Trinajstić information content (AvgIpc) is 3.20. The molecule has 2 N–H and O–H groups in total. The molecular weight excluding hydrogens is 406 g/mol. The highest BCUT2D eigenvalue weighted by atomic mass is 16.5. The Kier molecular flexibility index (Phi) is 5.11. The Labute approximate surface area is 184 Å². The second-order valence-corrected chi connectivity index (χ2v) is 8.36. The minimum Gasteiger partial charge on any atom is -0.393 e. The fraction of sp³-hybridized carbons (Fsp3) is 0.240. The molecule has 1 aliphatic rings. The topological polar surface area (TPSA) is 97.4 Å². The average molecular weight is 429 g/mol. The van der Waals surface area contributed by atoms with Gasteiger partial charge in [0.1, 0.15) is 6.26 Å². The molecule has 2 aromatic heterocycles. The Bertz CT molecular complexity index is 1370. The van der Waals surface area contributed by atoms with Crippen LogP contribution >= 0.6 is 0 Å². The van der Waals surface area contributed by atoms with Crippen LogP contribution in [0.15, 0.2) is 70.3 Å². The Morgan fingerprint density at radius 3 is 2.81 bits per heavy atom. The minimum absolute atomic E-state index is 0.0239. The van der Waals surface area contributed by atoms with Crippen LogP contribution in [0.2, 0.25) is 0 Å². The van der Waals surface area contributed by atoms with Crippen LogP contribution in [0.1, 0.15) is 34.5 Å². The third-order valence-electron chi connectivity index (χ3n) is 6.03. The number of aryl methyl sites for hydroxylation is 1. The summed E-state index contributed by atoms with van der Waals surface area (Å²) in [4.78, 5) is 25.6. The summed E-state index contributed by atoms with van der Waals surface area (Å²) in [5.74, 6) is -0.161. The maximum atomic E-state index is 13.1. The number of aromatic nitrogens is 2. The van der Waals surface area contributed by atoms with Crippen molar-refractivity contribution in [2.75, 3.05) is 0 Å². The fourth-order valence-electron chi connectivity index (χ4n) is 4.13. The molecule has 7 heteroatoms. The number of aliphatic hydroxyl groups excluding tert-OH is 1. The van der Waals surface area contributed by atoms with E-state index < -0.39 is 0 Å². The highest BCUT2D eigenvalue weighted by Crippen LogP contribution is 2.25. The lowest BCUT2D eigenvalue weighted by atomic mass is 9.89. The van der Waals surface area contributed by atoms with Crippen molar-refractivity contribution in [3.8, 4) is 11.1 Å². The molecule has 0 spiro atoms. The van der Waals surface area contributed by atoms with Gasteiger partial charge in [-0.2, -0.15) is 0 Å². The number of benzene rings is 2. The van der Waals surface area contributed by atoms with Crippen molar-refractivity contribution in [1.29, 1.82) is 0 Å². The molecule has 1 amide bonds. The van der Waals surface area contributed by atoms with Gasteiger partial charge in [-0.25, -0.2) is 0 Å². The van der Waals surface area contributed by atoms with Crippen LogP contribution in [0, 0.1) is 6.92 Å². The van der Waals surface area contributed by atoms with Gasteiger partial charge in [-0.1, -0.05) is 23.4 Å². The van der Waals surface area contributed by atoms with E-state index >= 15 is 0 Å². The standard InChI is InChI=1S/C25H23N3O4/c1-15-23(14-32-27-15)17-5-6-22-18(10-17)7-8-28(25(22)31)13-16-3-2-4-19(9-16)24(30)26-20-11-21(29)12-20/h2-10,14,20-21,29H,11-13H2,1H3,(H,26,30). The molecule has 4 aromatic rings. The Balaban J connectivity index is 1.38. The third-order valence-corrected chi connectivity index (χ3v) is 6.03. The number of hydrogen-bond donors (Lipinski definition) is 2. The molecule has 162 valence electrons. The van der Waals surface area contributed by atoms with E-state index in [0.29, 0.717) is 30.3 Å². The molecule has 1 aliphatic carbocycles. The molecular formula is C25H23N3O4. The van der Waals surface area contributed by atoms with Gasteiger partial charge in [-0.15, -0.1) is 0 Å². The van der Waals surface area contributed by atoms with Gasteiger partial charge in [0.15, 0.2) is 0 Å². The third kappa shape index (κ3) is 3.83. The van der Waals surface area contributed by atoms with E-state index in [1.807, 2.05) is 43.3 Å². The molecule has 0 aliphatic heterocycles. The molecule has 32 heavy (non-hydrogen) atoms. The summed E-state index contributed by atoms with van der Waals surface area (Å²) in [6.07, 6.45) is 4.25. The molecule has 0 unspecified atom stereocenters. The zero-order valence-electron chi connectivity index (χ0n) is 17.6. The summed E-state index contributed by atoms with van der Waals surface area (Å²) in [6.45, 7) is 2.25. The van der Waals surface area contributed by atoms with E-state index in [4.69, 9.17) is 4.52 Å². The number of rotatable bonds is 5. The molecule has 0 saturated heterocycles. The maximum absolute atomic E-state index is 13.1. The van der Waals surface area contributed by atoms with Crippen LogP contribution in [0.5, 0.6) is 0 Å². The van der Waals surface area contributed by atoms with Gasteiger partial charge in [0, 0.05) is 28.8 Å². The number of amides is 1. The molecule has 0 atom stereocenters. The Morgan fingerprint density at radius 2 is 2.06 bits per heavy atom. The SMILES string of the molecule is Cc1nocc1-c1ccc2c(=O)n(Cc3cccc(C(=O)NC4CC(O)C4)c3)ccc2c1. The zero-order chi connectivity index (χ0) is 22.2. The van der Waals surface area contributed by atoms with E-state index in [1.165, 1.54) is 0 Å². The Morgan fingerprint density at radius 1 is 1.22 bits per heavy atom. The highest BCUT2D eigenvalue weighted by Gasteiger charge is 2.28. The normalized spacial score (nSPS) is 17.8. The van der Waals surface area contributed by atoms with Crippen molar-refractivity contribution < 1.29 is 14.4 Å². The van der Waals surface area contributed by atoms with E-state index in [0.717, 1.165) is 27.8 Å². The number of nitrogens with zero attached hydrogens (tertiary/aromatic N) is 2. The summed E-state index contributed by atoms with van der Waals surface area (Å²) in [6, 6.07) is 14.9. The molecule has 5 rings (SSSR count). The van der Waals surface area contributed by atoms with Crippen LogP contribution in [-0.4, -0.2) is 32.9 Å². The van der Waals surface area contributed by atoms with Crippen molar-refractivity contribution >= 4 is 16.7 Å². The lowest BCUT2D eigenvalue weighted by Gasteiger charge is -2.31. The summed E-state index contributed by atoms with van der Waals surface area (Å²) in [7, 11) is 0. The second kappa shape index (κ2) is 8.09. The Hall–Kier alpha value is -3.71. The summed E-state index contributed by atoms with van der Waals surface area (Å²) >= 11 is 0. The number of fused-ring (bicyclic) bond motifs is 1. The summed E-state index contributed by atoms with van der Waals surface area (Å²) < 4.78 is 6.67.